The number of urea groups is 1. The van der Waals surface area contributed by atoms with Gasteiger partial charge in [-0.1, -0.05) is 12.1 Å². The zero-order valence-electron chi connectivity index (χ0n) is 9.54. The minimum atomic E-state index is -0.276. The Morgan fingerprint density at radius 3 is 2.94 bits per heavy atom. The molecular formula is C12H16N2O2. The first kappa shape index (κ1) is 12.1. The van der Waals surface area contributed by atoms with Crippen molar-refractivity contribution in [3.63, 3.8) is 0 Å². The summed E-state index contributed by atoms with van der Waals surface area (Å²) in [6.07, 6.45) is 1.62. The Hall–Kier alpha value is -1.97. The van der Waals surface area contributed by atoms with Gasteiger partial charge in [-0.05, 0) is 24.6 Å². The molecule has 0 fully saturated rings. The molecule has 0 aliphatic heterocycles. The Morgan fingerprint density at radius 2 is 2.31 bits per heavy atom. The minimum Gasteiger partial charge on any atom is -0.495 e. The van der Waals surface area contributed by atoms with Gasteiger partial charge in [-0.15, -0.1) is 6.58 Å². The molecule has 0 spiro atoms. The van der Waals surface area contributed by atoms with Crippen molar-refractivity contribution in [1.29, 1.82) is 0 Å². The average Bonchev–Trinajstić information content (AvgIpc) is 2.28. The van der Waals surface area contributed by atoms with E-state index in [4.69, 9.17) is 4.74 Å². The predicted molar refractivity (Wildman–Crippen MR) is 64.9 cm³/mol. The van der Waals surface area contributed by atoms with E-state index in [0.717, 1.165) is 5.56 Å². The number of carbonyl (C=O) groups excluding carboxylic acids is 1. The van der Waals surface area contributed by atoms with Gasteiger partial charge in [0.15, 0.2) is 0 Å². The number of nitrogens with one attached hydrogen (secondary N) is 2. The molecule has 2 N–H and O–H groups in total. The molecule has 16 heavy (non-hydrogen) atoms. The largest absolute Gasteiger partial charge is 0.495 e. The highest BCUT2D eigenvalue weighted by molar-refractivity contribution is 5.91. The molecular weight excluding hydrogens is 204 g/mol. The number of rotatable bonds is 4. The fraction of sp³-hybridized carbons (Fsp3) is 0.250. The maximum absolute atomic E-state index is 11.4. The molecule has 2 amide bonds. The Bertz CT molecular complexity index is 389. The molecule has 86 valence electrons. The molecule has 0 aromatic heterocycles. The highest BCUT2D eigenvalue weighted by atomic mass is 16.5. The van der Waals surface area contributed by atoms with Crippen molar-refractivity contribution >= 4 is 11.7 Å². The monoisotopic (exact) mass is 220 g/mol. The summed E-state index contributed by atoms with van der Waals surface area (Å²) in [5.74, 6) is 0.647. The number of carbonyl (C=O) groups is 1. The van der Waals surface area contributed by atoms with E-state index in [2.05, 4.69) is 17.2 Å². The quantitative estimate of drug-likeness (QED) is 0.765. The molecule has 0 saturated heterocycles. The van der Waals surface area contributed by atoms with Crippen LogP contribution in [0.2, 0.25) is 0 Å². The lowest BCUT2D eigenvalue weighted by Gasteiger charge is -2.11. The second kappa shape index (κ2) is 5.80. The molecule has 4 nitrogen and oxygen atoms in total. The van der Waals surface area contributed by atoms with Crippen LogP contribution >= 0.6 is 0 Å². The van der Waals surface area contributed by atoms with Crippen molar-refractivity contribution in [3.05, 3.63) is 36.4 Å². The first-order valence-electron chi connectivity index (χ1n) is 4.97. The van der Waals surface area contributed by atoms with Crippen LogP contribution < -0.4 is 15.4 Å². The van der Waals surface area contributed by atoms with Gasteiger partial charge in [-0.2, -0.15) is 0 Å². The van der Waals surface area contributed by atoms with Crippen LogP contribution in [0.5, 0.6) is 5.75 Å². The number of aryl methyl sites for hydroxylation is 1. The average molecular weight is 220 g/mol. The first-order valence-corrected chi connectivity index (χ1v) is 4.97. The van der Waals surface area contributed by atoms with Crippen LogP contribution in [0.3, 0.4) is 0 Å². The fourth-order valence-corrected chi connectivity index (χ4v) is 1.23. The zero-order chi connectivity index (χ0) is 12.0. The fourth-order valence-electron chi connectivity index (χ4n) is 1.23. The molecule has 0 unspecified atom stereocenters. The maximum atomic E-state index is 11.4. The highest BCUT2D eigenvalue weighted by Crippen LogP contribution is 2.24. The Kier molecular flexibility index (Phi) is 4.39. The normalized spacial score (nSPS) is 9.38. The van der Waals surface area contributed by atoms with Crippen molar-refractivity contribution in [2.24, 2.45) is 0 Å². The lowest BCUT2D eigenvalue weighted by Crippen LogP contribution is -2.28. The van der Waals surface area contributed by atoms with Crippen LogP contribution in [-0.2, 0) is 0 Å². The van der Waals surface area contributed by atoms with Crippen molar-refractivity contribution in [2.75, 3.05) is 19.0 Å². The Morgan fingerprint density at radius 1 is 1.56 bits per heavy atom. The summed E-state index contributed by atoms with van der Waals surface area (Å²) in [6, 6.07) is 5.30. The summed E-state index contributed by atoms with van der Waals surface area (Å²) in [6.45, 7) is 5.91. The van der Waals surface area contributed by atoms with E-state index in [-0.39, 0.29) is 6.03 Å². The summed E-state index contributed by atoms with van der Waals surface area (Å²) in [4.78, 5) is 11.4. The molecule has 0 aliphatic carbocycles. The van der Waals surface area contributed by atoms with E-state index in [1.165, 1.54) is 0 Å². The second-order valence-electron chi connectivity index (χ2n) is 3.33. The van der Waals surface area contributed by atoms with Crippen LogP contribution in [0.25, 0.3) is 0 Å². The Labute approximate surface area is 95.3 Å². The Balaban J connectivity index is 2.72. The van der Waals surface area contributed by atoms with Gasteiger partial charge in [0.2, 0.25) is 0 Å². The molecule has 1 rings (SSSR count). The van der Waals surface area contributed by atoms with Crippen LogP contribution in [-0.4, -0.2) is 19.7 Å². The van der Waals surface area contributed by atoms with Gasteiger partial charge in [-0.25, -0.2) is 4.79 Å². The van der Waals surface area contributed by atoms with Gasteiger partial charge in [0, 0.05) is 6.54 Å². The molecule has 0 aliphatic rings. The third-order valence-corrected chi connectivity index (χ3v) is 2.01. The van der Waals surface area contributed by atoms with Crippen molar-refractivity contribution in [1.82, 2.24) is 5.32 Å². The maximum Gasteiger partial charge on any atom is 0.319 e. The van der Waals surface area contributed by atoms with E-state index in [9.17, 15) is 4.79 Å². The SMILES string of the molecule is C=CCNC(=O)Nc1ccc(C)cc1OC. The molecule has 1 aromatic carbocycles. The first-order chi connectivity index (χ1) is 7.67. The third-order valence-electron chi connectivity index (χ3n) is 2.01. The highest BCUT2D eigenvalue weighted by Gasteiger charge is 2.06. The zero-order valence-corrected chi connectivity index (χ0v) is 9.54. The standard InChI is InChI=1S/C12H16N2O2/c1-4-7-13-12(15)14-10-6-5-9(2)8-11(10)16-3/h4-6,8H,1,7H2,2-3H3,(H2,13,14,15). The molecule has 1 aromatic rings. The van der Waals surface area contributed by atoms with Crippen LogP contribution in [0.1, 0.15) is 5.56 Å². The van der Waals surface area contributed by atoms with Crippen LogP contribution in [0.15, 0.2) is 30.9 Å². The van der Waals surface area contributed by atoms with E-state index in [1.54, 1.807) is 13.2 Å². The smallest absolute Gasteiger partial charge is 0.319 e. The van der Waals surface area contributed by atoms with Gasteiger partial charge in [0.1, 0.15) is 5.75 Å². The number of hydrogen-bond donors (Lipinski definition) is 2. The molecule has 0 atom stereocenters. The van der Waals surface area contributed by atoms with Gasteiger partial charge in [0.05, 0.1) is 12.8 Å². The van der Waals surface area contributed by atoms with Gasteiger partial charge >= 0.3 is 6.03 Å². The van der Waals surface area contributed by atoms with E-state index >= 15 is 0 Å². The predicted octanol–water partition coefficient (Wildman–Crippen LogP) is 2.31. The summed E-state index contributed by atoms with van der Waals surface area (Å²) >= 11 is 0. The summed E-state index contributed by atoms with van der Waals surface area (Å²) < 4.78 is 5.17. The van der Waals surface area contributed by atoms with E-state index < -0.39 is 0 Å². The van der Waals surface area contributed by atoms with Crippen LogP contribution in [0, 0.1) is 6.92 Å². The van der Waals surface area contributed by atoms with E-state index in [1.807, 2.05) is 25.1 Å². The van der Waals surface area contributed by atoms with Gasteiger partial charge in [0.25, 0.3) is 0 Å². The van der Waals surface area contributed by atoms with Crippen molar-refractivity contribution in [2.45, 2.75) is 6.92 Å². The minimum absolute atomic E-state index is 0.276. The van der Waals surface area contributed by atoms with Crippen LogP contribution in [0.4, 0.5) is 10.5 Å². The second-order valence-corrected chi connectivity index (χ2v) is 3.33. The lowest BCUT2D eigenvalue weighted by atomic mass is 10.2. The summed E-state index contributed by atoms with van der Waals surface area (Å²) in [5, 5.41) is 5.32. The van der Waals surface area contributed by atoms with E-state index in [0.29, 0.717) is 18.0 Å². The summed E-state index contributed by atoms with van der Waals surface area (Å²) in [5.41, 5.74) is 1.73. The van der Waals surface area contributed by atoms with Gasteiger partial charge < -0.3 is 15.4 Å². The van der Waals surface area contributed by atoms with Crippen molar-refractivity contribution in [3.8, 4) is 5.75 Å². The molecule has 0 heterocycles. The number of ether oxygens (including phenoxy) is 1. The van der Waals surface area contributed by atoms with Gasteiger partial charge in [-0.3, -0.25) is 0 Å². The number of amides is 2. The lowest BCUT2D eigenvalue weighted by molar-refractivity contribution is 0.253. The van der Waals surface area contributed by atoms with Crippen molar-refractivity contribution < 1.29 is 9.53 Å². The summed E-state index contributed by atoms with van der Waals surface area (Å²) in [7, 11) is 1.57. The molecule has 0 saturated carbocycles. The molecule has 0 radical (unpaired) electrons. The molecule has 4 heteroatoms. The third kappa shape index (κ3) is 3.31. The topological polar surface area (TPSA) is 50.4 Å². The number of anilines is 1. The number of methoxy groups -OCH3 is 1. The number of benzene rings is 1. The molecule has 0 bridgehead atoms. The number of hydrogen-bond acceptors (Lipinski definition) is 2.